The number of aryl methyl sites for hydroxylation is 2. The minimum Gasteiger partial charge on any atom is -0.390 e. The molecule has 0 bridgehead atoms. The van der Waals surface area contributed by atoms with Crippen LogP contribution in [0, 0.1) is 13.8 Å². The molecule has 0 saturated heterocycles. The summed E-state index contributed by atoms with van der Waals surface area (Å²) >= 11 is 1.23. The predicted molar refractivity (Wildman–Crippen MR) is 107 cm³/mol. The van der Waals surface area contributed by atoms with E-state index >= 15 is 0 Å². The molecule has 0 aliphatic carbocycles. The van der Waals surface area contributed by atoms with Crippen molar-refractivity contribution in [2.45, 2.75) is 45.5 Å². The van der Waals surface area contributed by atoms with Crippen molar-refractivity contribution in [1.82, 2.24) is 14.9 Å². The number of benzene rings is 1. The zero-order valence-electron chi connectivity index (χ0n) is 15.9. The number of anilines is 1. The van der Waals surface area contributed by atoms with Crippen LogP contribution in [0.15, 0.2) is 29.6 Å². The van der Waals surface area contributed by atoms with Crippen LogP contribution in [0.25, 0.3) is 0 Å². The van der Waals surface area contributed by atoms with Gasteiger partial charge in [-0.25, -0.2) is 4.98 Å². The summed E-state index contributed by atoms with van der Waals surface area (Å²) in [7, 11) is 0. The molecule has 1 heterocycles. The van der Waals surface area contributed by atoms with Crippen LogP contribution in [0.4, 0.5) is 5.69 Å². The average Bonchev–Trinajstić information content (AvgIpc) is 2.99. The molecule has 0 spiro atoms. The maximum atomic E-state index is 12.3. The Morgan fingerprint density at radius 2 is 1.89 bits per heavy atom. The number of imidazole rings is 1. The van der Waals surface area contributed by atoms with Crippen molar-refractivity contribution in [2.24, 2.45) is 0 Å². The Balaban J connectivity index is 1.99. The molecule has 0 aliphatic rings. The highest BCUT2D eigenvalue weighted by molar-refractivity contribution is 7.99. The van der Waals surface area contributed by atoms with E-state index in [0.29, 0.717) is 17.4 Å². The minimum atomic E-state index is -0.219. The van der Waals surface area contributed by atoms with Gasteiger partial charge in [-0.05, 0) is 43.5 Å². The summed E-state index contributed by atoms with van der Waals surface area (Å²) in [6, 6.07) is 5.87. The Morgan fingerprint density at radius 1 is 1.19 bits per heavy atom. The molecule has 146 valence electrons. The smallest absolute Gasteiger partial charge is 0.240 e. The van der Waals surface area contributed by atoms with E-state index in [4.69, 9.17) is 0 Å². The van der Waals surface area contributed by atoms with Crippen molar-refractivity contribution in [3.05, 3.63) is 41.2 Å². The van der Waals surface area contributed by atoms with Crippen LogP contribution in [0.3, 0.4) is 0 Å². The fourth-order valence-electron chi connectivity index (χ4n) is 2.64. The standard InChI is InChI=1S/C19H26N4O3S/c1-4-5-20-17(25)10-23-16(11-24)9-21-19(23)27-12-18(26)22-15-7-13(2)6-14(3)8-15/h6-9,24H,4-5,10-12H2,1-3H3,(H,20,25)(H,22,26). The molecule has 2 amide bonds. The molecule has 2 rings (SSSR count). The number of aliphatic hydroxyl groups is 1. The highest BCUT2D eigenvalue weighted by Crippen LogP contribution is 2.20. The molecule has 2 aromatic rings. The Labute approximate surface area is 163 Å². The molecule has 3 N–H and O–H groups in total. The number of thioether (sulfide) groups is 1. The summed E-state index contributed by atoms with van der Waals surface area (Å²) < 4.78 is 1.64. The number of rotatable bonds is 9. The summed E-state index contributed by atoms with van der Waals surface area (Å²) in [5, 5.41) is 15.7. The van der Waals surface area contributed by atoms with Gasteiger partial charge in [0.1, 0.15) is 6.54 Å². The Kier molecular flexibility index (Phi) is 7.87. The summed E-state index contributed by atoms with van der Waals surface area (Å²) in [5.74, 6) is -0.141. The van der Waals surface area contributed by atoms with Crippen molar-refractivity contribution in [3.63, 3.8) is 0 Å². The lowest BCUT2D eigenvalue weighted by atomic mass is 10.1. The monoisotopic (exact) mass is 390 g/mol. The van der Waals surface area contributed by atoms with E-state index in [1.807, 2.05) is 39.0 Å². The van der Waals surface area contributed by atoms with Gasteiger partial charge in [0.25, 0.3) is 0 Å². The summed E-state index contributed by atoms with van der Waals surface area (Å²) in [4.78, 5) is 28.5. The molecule has 0 unspecified atom stereocenters. The van der Waals surface area contributed by atoms with Gasteiger partial charge in [0.15, 0.2) is 5.16 Å². The van der Waals surface area contributed by atoms with Gasteiger partial charge in [-0.1, -0.05) is 24.8 Å². The molecular weight excluding hydrogens is 364 g/mol. The van der Waals surface area contributed by atoms with Crippen LogP contribution in [-0.2, 0) is 22.7 Å². The quantitative estimate of drug-likeness (QED) is 0.571. The van der Waals surface area contributed by atoms with Gasteiger partial charge in [-0.2, -0.15) is 0 Å². The number of aromatic nitrogens is 2. The van der Waals surface area contributed by atoms with E-state index in [0.717, 1.165) is 23.2 Å². The van der Waals surface area contributed by atoms with E-state index in [-0.39, 0.29) is 30.7 Å². The summed E-state index contributed by atoms with van der Waals surface area (Å²) in [6.45, 7) is 6.39. The summed E-state index contributed by atoms with van der Waals surface area (Å²) in [5.41, 5.74) is 3.47. The summed E-state index contributed by atoms with van der Waals surface area (Å²) in [6.07, 6.45) is 2.37. The highest BCUT2D eigenvalue weighted by atomic mass is 32.2. The largest absolute Gasteiger partial charge is 0.390 e. The third kappa shape index (κ3) is 6.41. The second-order valence-corrected chi connectivity index (χ2v) is 7.28. The molecule has 0 radical (unpaired) electrons. The van der Waals surface area contributed by atoms with Crippen LogP contribution in [0.5, 0.6) is 0 Å². The third-order valence-corrected chi connectivity index (χ3v) is 4.77. The second-order valence-electron chi connectivity index (χ2n) is 6.34. The molecule has 0 fully saturated rings. The highest BCUT2D eigenvalue weighted by Gasteiger charge is 2.15. The average molecular weight is 391 g/mol. The van der Waals surface area contributed by atoms with Crippen LogP contribution in [0.1, 0.15) is 30.2 Å². The Bertz CT molecular complexity index is 784. The predicted octanol–water partition coefficient (Wildman–Crippen LogP) is 2.25. The number of nitrogens with one attached hydrogen (secondary N) is 2. The maximum Gasteiger partial charge on any atom is 0.240 e. The van der Waals surface area contributed by atoms with Gasteiger partial charge in [0, 0.05) is 12.2 Å². The van der Waals surface area contributed by atoms with Crippen molar-refractivity contribution < 1.29 is 14.7 Å². The number of carbonyl (C=O) groups is 2. The first-order valence-corrected chi connectivity index (χ1v) is 9.84. The fourth-order valence-corrected chi connectivity index (χ4v) is 3.44. The van der Waals surface area contributed by atoms with Gasteiger partial charge >= 0.3 is 0 Å². The second kappa shape index (κ2) is 10.1. The fraction of sp³-hybridized carbons (Fsp3) is 0.421. The van der Waals surface area contributed by atoms with E-state index in [9.17, 15) is 14.7 Å². The number of aliphatic hydroxyl groups excluding tert-OH is 1. The van der Waals surface area contributed by atoms with Gasteiger partial charge in [-0.15, -0.1) is 0 Å². The minimum absolute atomic E-state index is 0.0664. The van der Waals surface area contributed by atoms with Crippen molar-refractivity contribution in [3.8, 4) is 0 Å². The van der Waals surface area contributed by atoms with Gasteiger partial charge in [-0.3, -0.25) is 9.59 Å². The zero-order valence-corrected chi connectivity index (χ0v) is 16.7. The molecule has 0 saturated carbocycles. The van der Waals surface area contributed by atoms with Gasteiger partial charge < -0.3 is 20.3 Å². The lowest BCUT2D eigenvalue weighted by Crippen LogP contribution is -2.29. The third-order valence-electron chi connectivity index (χ3n) is 3.78. The number of nitrogens with zero attached hydrogens (tertiary/aromatic N) is 2. The maximum absolute atomic E-state index is 12.3. The molecule has 1 aromatic carbocycles. The molecular formula is C19H26N4O3S. The Hall–Kier alpha value is -2.32. The first-order chi connectivity index (χ1) is 12.9. The molecule has 0 atom stereocenters. The van der Waals surface area contributed by atoms with Crippen LogP contribution in [0.2, 0.25) is 0 Å². The molecule has 8 heteroatoms. The lowest BCUT2D eigenvalue weighted by Gasteiger charge is -2.11. The van der Waals surface area contributed by atoms with Crippen molar-refractivity contribution in [2.75, 3.05) is 17.6 Å². The van der Waals surface area contributed by atoms with Crippen LogP contribution >= 0.6 is 11.8 Å². The van der Waals surface area contributed by atoms with Gasteiger partial charge in [0.05, 0.1) is 24.3 Å². The zero-order chi connectivity index (χ0) is 19.8. The van der Waals surface area contributed by atoms with E-state index < -0.39 is 0 Å². The SMILES string of the molecule is CCCNC(=O)Cn1c(CO)cnc1SCC(=O)Nc1cc(C)cc(C)c1. The van der Waals surface area contributed by atoms with Crippen molar-refractivity contribution in [1.29, 1.82) is 0 Å². The molecule has 7 nitrogen and oxygen atoms in total. The van der Waals surface area contributed by atoms with Crippen LogP contribution in [-0.4, -0.2) is 38.8 Å². The number of hydrogen-bond donors (Lipinski definition) is 3. The molecule has 27 heavy (non-hydrogen) atoms. The lowest BCUT2D eigenvalue weighted by molar-refractivity contribution is -0.121. The topological polar surface area (TPSA) is 96.2 Å². The van der Waals surface area contributed by atoms with E-state index in [1.165, 1.54) is 18.0 Å². The molecule has 0 aliphatic heterocycles. The number of amides is 2. The van der Waals surface area contributed by atoms with Crippen molar-refractivity contribution >= 4 is 29.3 Å². The normalized spacial score (nSPS) is 10.7. The van der Waals surface area contributed by atoms with Crippen LogP contribution < -0.4 is 10.6 Å². The first-order valence-electron chi connectivity index (χ1n) is 8.85. The van der Waals surface area contributed by atoms with Gasteiger partial charge in [0.2, 0.25) is 11.8 Å². The molecule has 1 aromatic heterocycles. The van der Waals surface area contributed by atoms with E-state index in [2.05, 4.69) is 15.6 Å². The number of carbonyl (C=O) groups excluding carboxylic acids is 2. The Morgan fingerprint density at radius 3 is 2.52 bits per heavy atom. The number of hydrogen-bond acceptors (Lipinski definition) is 5. The van der Waals surface area contributed by atoms with E-state index in [1.54, 1.807) is 4.57 Å². The first kappa shape index (κ1) is 21.0.